The lowest BCUT2D eigenvalue weighted by molar-refractivity contribution is 0.0863. The van der Waals surface area contributed by atoms with Crippen molar-refractivity contribution in [3.8, 4) is 5.75 Å². The van der Waals surface area contributed by atoms with Crippen LogP contribution in [0.4, 0.5) is 10.1 Å². The third-order valence-corrected chi connectivity index (χ3v) is 3.81. The van der Waals surface area contributed by atoms with E-state index in [-0.39, 0.29) is 17.9 Å². The molecule has 2 aromatic carbocycles. The number of halogens is 1. The summed E-state index contributed by atoms with van der Waals surface area (Å²) in [6.07, 6.45) is 1.41. The predicted molar refractivity (Wildman–Crippen MR) is 98.3 cm³/mol. The lowest BCUT2D eigenvalue weighted by Gasteiger charge is -2.11. The normalized spacial score (nSPS) is 10.3. The van der Waals surface area contributed by atoms with E-state index in [0.29, 0.717) is 5.75 Å². The van der Waals surface area contributed by atoms with Gasteiger partial charge in [0, 0.05) is 6.20 Å². The minimum absolute atomic E-state index is 0.00328. The average molecular weight is 368 g/mol. The van der Waals surface area contributed by atoms with Gasteiger partial charge in [0.2, 0.25) is 0 Å². The Bertz CT molecular complexity index is 999. The number of nitrogens with one attached hydrogen (secondary N) is 1. The Hall–Kier alpha value is -3.61. The summed E-state index contributed by atoms with van der Waals surface area (Å²) in [6.45, 7) is 0.127. The number of rotatable bonds is 6. The number of methoxy groups -OCH3 is 1. The summed E-state index contributed by atoms with van der Waals surface area (Å²) in [4.78, 5) is 30.3. The first-order valence-corrected chi connectivity index (χ1v) is 8.12. The van der Waals surface area contributed by atoms with Crippen molar-refractivity contribution in [2.75, 3.05) is 12.4 Å². The molecule has 0 unspecified atom stereocenters. The third kappa shape index (κ3) is 4.33. The van der Waals surface area contributed by atoms with Crippen molar-refractivity contribution in [2.24, 2.45) is 0 Å². The number of carbonyl (C=O) groups excluding carboxylic acids is 1. The lowest BCUT2D eigenvalue weighted by atomic mass is 10.2. The number of hydrogen-bond donors (Lipinski definition) is 1. The molecule has 0 radical (unpaired) electrons. The molecule has 7 heteroatoms. The van der Waals surface area contributed by atoms with E-state index in [1.54, 1.807) is 37.4 Å². The van der Waals surface area contributed by atoms with Crippen LogP contribution < -0.4 is 20.5 Å². The van der Waals surface area contributed by atoms with E-state index in [2.05, 4.69) is 5.32 Å². The van der Waals surface area contributed by atoms with E-state index in [9.17, 15) is 14.0 Å². The molecule has 138 valence electrons. The molecule has 1 N–H and O–H groups in total. The summed E-state index contributed by atoms with van der Waals surface area (Å²) >= 11 is 0. The van der Waals surface area contributed by atoms with Crippen LogP contribution in [-0.2, 0) is 6.61 Å². The van der Waals surface area contributed by atoms with Crippen molar-refractivity contribution in [3.63, 3.8) is 0 Å². The molecule has 0 atom stereocenters. The highest BCUT2D eigenvalue weighted by Gasteiger charge is 2.14. The maximum absolute atomic E-state index is 13.7. The number of ether oxygens (including phenoxy) is 1. The standard InChI is InChI=1S/C20H17FN2O4/c1-26-15-10-8-14(9-11-15)13-27-23-12-4-5-16(20(23)25)19(24)22-18-7-3-2-6-17(18)21/h2-12H,13H2,1H3,(H,22,24). The van der Waals surface area contributed by atoms with Crippen molar-refractivity contribution in [1.82, 2.24) is 4.73 Å². The topological polar surface area (TPSA) is 69.6 Å². The van der Waals surface area contributed by atoms with Gasteiger partial charge in [-0.05, 0) is 42.0 Å². The number of para-hydroxylation sites is 1. The van der Waals surface area contributed by atoms with Crippen LogP contribution in [0.3, 0.4) is 0 Å². The highest BCUT2D eigenvalue weighted by molar-refractivity contribution is 6.04. The molecule has 0 fully saturated rings. The Labute approximate surface area is 154 Å². The number of carbonyl (C=O) groups is 1. The van der Waals surface area contributed by atoms with E-state index in [0.717, 1.165) is 10.3 Å². The fourth-order valence-electron chi connectivity index (χ4n) is 2.37. The fourth-order valence-corrected chi connectivity index (χ4v) is 2.37. The van der Waals surface area contributed by atoms with E-state index in [1.807, 2.05) is 0 Å². The zero-order chi connectivity index (χ0) is 19.2. The van der Waals surface area contributed by atoms with E-state index >= 15 is 0 Å². The van der Waals surface area contributed by atoms with E-state index in [4.69, 9.17) is 9.57 Å². The molecule has 0 aliphatic heterocycles. The smallest absolute Gasteiger partial charge is 0.295 e. The average Bonchev–Trinajstić information content (AvgIpc) is 2.69. The van der Waals surface area contributed by atoms with Gasteiger partial charge in [-0.15, -0.1) is 0 Å². The van der Waals surface area contributed by atoms with Gasteiger partial charge in [-0.3, -0.25) is 9.59 Å². The van der Waals surface area contributed by atoms with Crippen molar-refractivity contribution in [1.29, 1.82) is 0 Å². The van der Waals surface area contributed by atoms with Crippen LogP contribution in [-0.4, -0.2) is 17.7 Å². The summed E-state index contributed by atoms with van der Waals surface area (Å²) in [5.74, 6) is -0.590. The summed E-state index contributed by atoms with van der Waals surface area (Å²) < 4.78 is 19.7. The van der Waals surface area contributed by atoms with Gasteiger partial charge < -0.3 is 14.9 Å². The lowest BCUT2D eigenvalue weighted by Crippen LogP contribution is -2.32. The maximum atomic E-state index is 13.7. The first-order chi connectivity index (χ1) is 13.1. The zero-order valence-corrected chi connectivity index (χ0v) is 14.5. The van der Waals surface area contributed by atoms with Crippen LogP contribution in [0.1, 0.15) is 15.9 Å². The molecular weight excluding hydrogens is 351 g/mol. The van der Waals surface area contributed by atoms with Crippen molar-refractivity contribution < 1.29 is 18.8 Å². The molecule has 0 bridgehead atoms. The minimum Gasteiger partial charge on any atom is -0.497 e. The summed E-state index contributed by atoms with van der Waals surface area (Å²) in [7, 11) is 1.57. The third-order valence-electron chi connectivity index (χ3n) is 3.81. The van der Waals surface area contributed by atoms with Gasteiger partial charge in [0.05, 0.1) is 12.8 Å². The summed E-state index contributed by atoms with van der Waals surface area (Å²) in [5.41, 5.74) is 0.0238. The van der Waals surface area contributed by atoms with E-state index in [1.165, 1.54) is 36.5 Å². The predicted octanol–water partition coefficient (Wildman–Crippen LogP) is 2.88. The molecular formula is C20H17FN2O4. The van der Waals surface area contributed by atoms with Gasteiger partial charge in [0.1, 0.15) is 23.7 Å². The highest BCUT2D eigenvalue weighted by atomic mass is 19.1. The Morgan fingerprint density at radius 2 is 1.81 bits per heavy atom. The van der Waals surface area contributed by atoms with Gasteiger partial charge in [-0.2, -0.15) is 4.73 Å². The molecule has 1 heterocycles. The van der Waals surface area contributed by atoms with Gasteiger partial charge >= 0.3 is 0 Å². The van der Waals surface area contributed by atoms with Crippen LogP contribution >= 0.6 is 0 Å². The van der Waals surface area contributed by atoms with Crippen LogP contribution in [0, 0.1) is 5.82 Å². The molecule has 0 aliphatic rings. The van der Waals surface area contributed by atoms with Crippen LogP contribution in [0.15, 0.2) is 71.7 Å². The number of pyridine rings is 1. The second kappa shape index (κ2) is 8.18. The SMILES string of the molecule is COc1ccc(COn2cccc(C(=O)Nc3ccccc3F)c2=O)cc1. The van der Waals surface area contributed by atoms with Crippen molar-refractivity contribution in [2.45, 2.75) is 6.61 Å². The molecule has 3 aromatic rings. The molecule has 0 spiro atoms. The molecule has 1 aromatic heterocycles. The second-order valence-corrected chi connectivity index (χ2v) is 5.61. The number of nitrogens with zero attached hydrogens (tertiary/aromatic N) is 1. The molecule has 0 saturated carbocycles. The quantitative estimate of drug-likeness (QED) is 0.726. The number of hydrogen-bond acceptors (Lipinski definition) is 4. The number of benzene rings is 2. The van der Waals surface area contributed by atoms with Crippen LogP contribution in [0.25, 0.3) is 0 Å². The summed E-state index contributed by atoms with van der Waals surface area (Å²) in [5, 5.41) is 2.38. The number of anilines is 1. The van der Waals surface area contributed by atoms with E-state index < -0.39 is 17.3 Å². The van der Waals surface area contributed by atoms with Crippen molar-refractivity contribution >= 4 is 11.6 Å². The van der Waals surface area contributed by atoms with Gasteiger partial charge in [0.15, 0.2) is 0 Å². The summed E-state index contributed by atoms with van der Waals surface area (Å²) in [6, 6.07) is 15.7. The first-order valence-electron chi connectivity index (χ1n) is 8.12. The van der Waals surface area contributed by atoms with Crippen LogP contribution in [0.2, 0.25) is 0 Å². The van der Waals surface area contributed by atoms with Crippen LogP contribution in [0.5, 0.6) is 5.75 Å². The van der Waals surface area contributed by atoms with Crippen molar-refractivity contribution in [3.05, 3.63) is 94.2 Å². The Kier molecular flexibility index (Phi) is 5.51. The largest absolute Gasteiger partial charge is 0.497 e. The zero-order valence-electron chi connectivity index (χ0n) is 14.5. The molecule has 3 rings (SSSR count). The molecule has 1 amide bonds. The molecule has 0 aliphatic carbocycles. The maximum Gasteiger partial charge on any atom is 0.295 e. The molecule has 27 heavy (non-hydrogen) atoms. The first kappa shape index (κ1) is 18.2. The Morgan fingerprint density at radius 1 is 1.07 bits per heavy atom. The minimum atomic E-state index is -0.715. The fraction of sp³-hybridized carbons (Fsp3) is 0.100. The second-order valence-electron chi connectivity index (χ2n) is 5.61. The van der Waals surface area contributed by atoms with Gasteiger partial charge in [0.25, 0.3) is 11.5 Å². The van der Waals surface area contributed by atoms with Gasteiger partial charge in [-0.1, -0.05) is 24.3 Å². The Balaban J connectivity index is 1.74. The molecule has 0 saturated heterocycles. The number of aromatic nitrogens is 1. The monoisotopic (exact) mass is 368 g/mol. The highest BCUT2D eigenvalue weighted by Crippen LogP contribution is 2.13. The Morgan fingerprint density at radius 3 is 2.52 bits per heavy atom. The van der Waals surface area contributed by atoms with Gasteiger partial charge in [-0.25, -0.2) is 4.39 Å². The number of amides is 1. The molecule has 6 nitrogen and oxygen atoms in total.